The van der Waals surface area contributed by atoms with Gasteiger partial charge >= 0.3 is 0 Å². The zero-order valence-electron chi connectivity index (χ0n) is 17.1. The third-order valence-corrected chi connectivity index (χ3v) is 5.39. The van der Waals surface area contributed by atoms with E-state index in [4.69, 9.17) is 14.2 Å². The molecule has 0 radical (unpaired) electrons. The molecule has 1 unspecified atom stereocenters. The van der Waals surface area contributed by atoms with Crippen molar-refractivity contribution in [2.75, 3.05) is 46.5 Å². The predicted molar refractivity (Wildman–Crippen MR) is 112 cm³/mol. The van der Waals surface area contributed by atoms with Gasteiger partial charge < -0.3 is 24.4 Å². The van der Waals surface area contributed by atoms with Gasteiger partial charge in [0, 0.05) is 33.3 Å². The Morgan fingerprint density at radius 1 is 1.18 bits per heavy atom. The molecule has 2 aliphatic rings. The molecule has 0 saturated carbocycles. The molecular formula is C22H35N3O3. The summed E-state index contributed by atoms with van der Waals surface area (Å²) in [5.74, 6) is 0.956. The fourth-order valence-electron chi connectivity index (χ4n) is 3.75. The Hall–Kier alpha value is -1.63. The van der Waals surface area contributed by atoms with Gasteiger partial charge in [-0.05, 0) is 37.7 Å². The first-order chi connectivity index (χ1) is 13.8. The van der Waals surface area contributed by atoms with E-state index < -0.39 is 0 Å². The molecule has 2 saturated heterocycles. The molecule has 1 atom stereocenters. The van der Waals surface area contributed by atoms with Crippen molar-refractivity contribution in [2.45, 2.75) is 50.9 Å². The first-order valence-corrected chi connectivity index (χ1v) is 10.7. The second-order valence-corrected chi connectivity index (χ2v) is 7.52. The topological polar surface area (TPSA) is 55.3 Å². The van der Waals surface area contributed by atoms with E-state index in [0.717, 1.165) is 58.1 Å². The Bertz CT molecular complexity index is 568. The van der Waals surface area contributed by atoms with Crippen LogP contribution in [0.5, 0.6) is 0 Å². The first-order valence-electron chi connectivity index (χ1n) is 10.7. The number of nitrogens with zero attached hydrogens (tertiary/aromatic N) is 2. The maximum Gasteiger partial charge on any atom is 0.193 e. The molecule has 6 nitrogen and oxygen atoms in total. The van der Waals surface area contributed by atoms with Gasteiger partial charge in [-0.2, -0.15) is 0 Å². The number of piperidine rings is 1. The number of likely N-dealkylation sites (tertiary alicyclic amines) is 1. The van der Waals surface area contributed by atoms with Gasteiger partial charge in [0.1, 0.15) is 0 Å². The molecule has 2 aliphatic heterocycles. The van der Waals surface area contributed by atoms with E-state index in [1.165, 1.54) is 18.4 Å². The van der Waals surface area contributed by atoms with E-state index in [1.54, 1.807) is 0 Å². The van der Waals surface area contributed by atoms with Crippen LogP contribution in [0.3, 0.4) is 0 Å². The highest BCUT2D eigenvalue weighted by Gasteiger charge is 2.23. The second-order valence-electron chi connectivity index (χ2n) is 7.52. The van der Waals surface area contributed by atoms with Gasteiger partial charge in [0.2, 0.25) is 0 Å². The van der Waals surface area contributed by atoms with Crippen LogP contribution < -0.4 is 5.32 Å². The van der Waals surface area contributed by atoms with Crippen LogP contribution in [0.4, 0.5) is 0 Å². The number of hydrogen-bond donors (Lipinski definition) is 1. The van der Waals surface area contributed by atoms with Crippen molar-refractivity contribution in [3.63, 3.8) is 0 Å². The van der Waals surface area contributed by atoms with E-state index >= 15 is 0 Å². The molecule has 3 rings (SSSR count). The fraction of sp³-hybridized carbons (Fsp3) is 0.682. The lowest BCUT2D eigenvalue weighted by molar-refractivity contribution is -0.0721. The normalized spacial score (nSPS) is 21.7. The van der Waals surface area contributed by atoms with Gasteiger partial charge in [-0.25, -0.2) is 0 Å². The number of rotatable bonds is 8. The minimum Gasteiger partial charge on any atom is -0.376 e. The monoisotopic (exact) mass is 389 g/mol. The summed E-state index contributed by atoms with van der Waals surface area (Å²) >= 11 is 0. The Morgan fingerprint density at radius 3 is 2.71 bits per heavy atom. The zero-order valence-corrected chi connectivity index (χ0v) is 17.1. The van der Waals surface area contributed by atoms with Crippen LogP contribution in [0.1, 0.15) is 37.7 Å². The zero-order chi connectivity index (χ0) is 19.4. The van der Waals surface area contributed by atoms with Crippen molar-refractivity contribution in [1.29, 1.82) is 0 Å². The second kappa shape index (κ2) is 12.0. The smallest absolute Gasteiger partial charge is 0.193 e. The molecule has 1 N–H and O–H groups in total. The van der Waals surface area contributed by atoms with Crippen LogP contribution in [-0.2, 0) is 20.8 Å². The van der Waals surface area contributed by atoms with E-state index in [0.29, 0.717) is 25.4 Å². The number of ether oxygens (including phenoxy) is 3. The highest BCUT2D eigenvalue weighted by Crippen LogP contribution is 2.17. The summed E-state index contributed by atoms with van der Waals surface area (Å²) < 4.78 is 17.6. The maximum absolute atomic E-state index is 6.11. The number of guanidine groups is 1. The van der Waals surface area contributed by atoms with Crippen LogP contribution in [0.25, 0.3) is 0 Å². The van der Waals surface area contributed by atoms with Crippen molar-refractivity contribution >= 4 is 5.96 Å². The average Bonchev–Trinajstić information content (AvgIpc) is 2.77. The highest BCUT2D eigenvalue weighted by molar-refractivity contribution is 5.79. The third-order valence-electron chi connectivity index (χ3n) is 5.39. The summed E-state index contributed by atoms with van der Waals surface area (Å²) in [6.45, 7) is 5.65. The molecule has 0 aromatic heterocycles. The molecule has 156 valence electrons. The summed E-state index contributed by atoms with van der Waals surface area (Å²) in [6.07, 6.45) is 6.32. The third kappa shape index (κ3) is 7.08. The van der Waals surface area contributed by atoms with Crippen LogP contribution in [0.15, 0.2) is 35.3 Å². The fourth-order valence-corrected chi connectivity index (χ4v) is 3.75. The number of nitrogens with one attached hydrogen (secondary N) is 1. The molecule has 1 aromatic rings. The average molecular weight is 390 g/mol. The molecule has 0 amide bonds. The molecule has 28 heavy (non-hydrogen) atoms. The van der Waals surface area contributed by atoms with Gasteiger partial charge in [-0.15, -0.1) is 0 Å². The van der Waals surface area contributed by atoms with Gasteiger partial charge in [-0.1, -0.05) is 30.3 Å². The maximum atomic E-state index is 6.11. The van der Waals surface area contributed by atoms with Crippen molar-refractivity contribution in [3.05, 3.63) is 35.9 Å². The lowest BCUT2D eigenvalue weighted by Gasteiger charge is -2.35. The van der Waals surface area contributed by atoms with Gasteiger partial charge in [0.05, 0.1) is 32.0 Å². The Balaban J connectivity index is 1.27. The van der Waals surface area contributed by atoms with Crippen LogP contribution >= 0.6 is 0 Å². The van der Waals surface area contributed by atoms with Crippen LogP contribution in [0, 0.1) is 0 Å². The van der Waals surface area contributed by atoms with E-state index in [1.807, 2.05) is 25.2 Å². The number of aliphatic imine (C=N–C) groups is 1. The lowest BCUT2D eigenvalue weighted by Crippen LogP contribution is -2.48. The minimum atomic E-state index is 0.303. The standard InChI is InChI=1S/C22H35N3O3/c1-23-22(24-12-16-26-17-19-7-3-2-4-8-19)25-13-10-20(11-14-25)28-18-21-9-5-6-15-27-21/h2-4,7-8,20-21H,5-6,9-18H2,1H3,(H,23,24). The lowest BCUT2D eigenvalue weighted by atomic mass is 10.1. The van der Waals surface area contributed by atoms with Crippen molar-refractivity contribution < 1.29 is 14.2 Å². The highest BCUT2D eigenvalue weighted by atomic mass is 16.5. The first kappa shape index (κ1) is 21.1. The molecule has 2 heterocycles. The molecule has 1 aromatic carbocycles. The predicted octanol–water partition coefficient (Wildman–Crippen LogP) is 2.83. The Labute approximate surface area is 169 Å². The SMILES string of the molecule is CN=C(NCCOCc1ccccc1)N1CCC(OCC2CCCCO2)CC1. The van der Waals surface area contributed by atoms with Crippen molar-refractivity contribution in [3.8, 4) is 0 Å². The quantitative estimate of drug-likeness (QED) is 0.421. The summed E-state index contributed by atoms with van der Waals surface area (Å²) in [4.78, 5) is 6.74. The van der Waals surface area contributed by atoms with E-state index in [-0.39, 0.29) is 0 Å². The summed E-state index contributed by atoms with van der Waals surface area (Å²) in [5, 5.41) is 3.41. The van der Waals surface area contributed by atoms with Crippen LogP contribution in [-0.4, -0.2) is 69.6 Å². The Morgan fingerprint density at radius 2 is 2.00 bits per heavy atom. The van der Waals surface area contributed by atoms with E-state index in [2.05, 4.69) is 27.3 Å². The number of hydrogen-bond acceptors (Lipinski definition) is 4. The summed E-state index contributed by atoms with van der Waals surface area (Å²) in [5.41, 5.74) is 1.20. The summed E-state index contributed by atoms with van der Waals surface area (Å²) in [7, 11) is 1.84. The summed E-state index contributed by atoms with van der Waals surface area (Å²) in [6, 6.07) is 10.3. The van der Waals surface area contributed by atoms with Gasteiger partial charge in [0.15, 0.2) is 5.96 Å². The van der Waals surface area contributed by atoms with Crippen LogP contribution in [0.2, 0.25) is 0 Å². The molecule has 0 spiro atoms. The van der Waals surface area contributed by atoms with Crippen molar-refractivity contribution in [1.82, 2.24) is 10.2 Å². The van der Waals surface area contributed by atoms with E-state index in [9.17, 15) is 0 Å². The van der Waals surface area contributed by atoms with Gasteiger partial charge in [0.25, 0.3) is 0 Å². The van der Waals surface area contributed by atoms with Gasteiger partial charge in [-0.3, -0.25) is 4.99 Å². The largest absolute Gasteiger partial charge is 0.376 e. The minimum absolute atomic E-state index is 0.303. The van der Waals surface area contributed by atoms with Crippen molar-refractivity contribution in [2.24, 2.45) is 4.99 Å². The number of benzene rings is 1. The molecular weight excluding hydrogens is 354 g/mol. The molecule has 0 bridgehead atoms. The molecule has 2 fully saturated rings. The molecule has 0 aliphatic carbocycles. The molecule has 6 heteroatoms. The Kier molecular flexibility index (Phi) is 9.07.